The zero-order valence-electron chi connectivity index (χ0n) is 20.1. The minimum Gasteiger partial charge on any atom is -0.450 e. The number of hydrogen-bond donors (Lipinski definition) is 0. The molecule has 0 aromatic carbocycles. The van der Waals surface area contributed by atoms with Crippen LogP contribution in [0.25, 0.3) is 11.3 Å². The van der Waals surface area contributed by atoms with Crippen LogP contribution in [-0.4, -0.2) is 82.6 Å². The molecule has 5 rings (SSSR count). The molecule has 0 unspecified atom stereocenters. The van der Waals surface area contributed by atoms with E-state index in [1.807, 2.05) is 30.3 Å². The summed E-state index contributed by atoms with van der Waals surface area (Å²) in [6.07, 6.45) is 7.28. The first-order valence-electron chi connectivity index (χ1n) is 12.4. The van der Waals surface area contributed by atoms with E-state index >= 15 is 0 Å². The van der Waals surface area contributed by atoms with Crippen molar-refractivity contribution >= 4 is 11.9 Å². The van der Waals surface area contributed by atoms with Crippen molar-refractivity contribution in [1.82, 2.24) is 24.6 Å². The molecule has 3 aliphatic rings. The summed E-state index contributed by atoms with van der Waals surface area (Å²) < 4.78 is 7.24. The summed E-state index contributed by atoms with van der Waals surface area (Å²) in [5, 5.41) is 4.53. The van der Waals surface area contributed by atoms with Gasteiger partial charge in [-0.15, -0.1) is 0 Å². The second-order valence-corrected chi connectivity index (χ2v) is 10.1. The molecule has 2 saturated heterocycles. The molecule has 2 aliphatic heterocycles. The zero-order chi connectivity index (χ0) is 23.0. The third-order valence-electron chi connectivity index (χ3n) is 7.61. The van der Waals surface area contributed by atoms with Crippen molar-refractivity contribution in [2.24, 2.45) is 5.41 Å². The van der Waals surface area contributed by atoms with Gasteiger partial charge in [0.1, 0.15) is 5.82 Å². The second-order valence-electron chi connectivity index (χ2n) is 10.1. The van der Waals surface area contributed by atoms with Gasteiger partial charge in [-0.1, -0.05) is 0 Å². The molecule has 2 aromatic heterocycles. The van der Waals surface area contributed by atoms with Crippen molar-refractivity contribution < 1.29 is 9.53 Å². The van der Waals surface area contributed by atoms with Gasteiger partial charge in [0.05, 0.1) is 12.3 Å². The van der Waals surface area contributed by atoms with E-state index in [2.05, 4.69) is 45.6 Å². The molecule has 8 nitrogen and oxygen atoms in total. The molecule has 33 heavy (non-hydrogen) atoms. The van der Waals surface area contributed by atoms with Gasteiger partial charge in [-0.2, -0.15) is 5.10 Å². The number of hydrogen-bond acceptors (Lipinski definition) is 6. The molecule has 0 N–H and O–H groups in total. The molecule has 4 heterocycles. The smallest absolute Gasteiger partial charge is 0.409 e. The summed E-state index contributed by atoms with van der Waals surface area (Å²) in [5.41, 5.74) is 2.60. The number of piperazine rings is 1. The van der Waals surface area contributed by atoms with Crippen molar-refractivity contribution in [3.8, 4) is 11.3 Å². The molecule has 1 amide bonds. The molecule has 1 atom stereocenters. The Kier molecular flexibility index (Phi) is 6.03. The van der Waals surface area contributed by atoms with Crippen LogP contribution in [0.5, 0.6) is 0 Å². The Hall–Kier alpha value is -2.61. The number of pyridine rings is 1. The number of ether oxygens (including phenoxy) is 1. The summed E-state index contributed by atoms with van der Waals surface area (Å²) in [5.74, 6) is 1.06. The molecule has 0 radical (unpaired) electrons. The first kappa shape index (κ1) is 22.2. The summed E-state index contributed by atoms with van der Waals surface area (Å²) in [4.78, 5) is 23.7. The van der Waals surface area contributed by atoms with Crippen molar-refractivity contribution in [2.45, 2.75) is 52.1 Å². The maximum absolute atomic E-state index is 12.0. The van der Waals surface area contributed by atoms with Gasteiger partial charge in [0.25, 0.3) is 0 Å². The van der Waals surface area contributed by atoms with Crippen LogP contribution in [0.4, 0.5) is 10.6 Å². The van der Waals surface area contributed by atoms with Crippen LogP contribution in [0.2, 0.25) is 0 Å². The number of rotatable bonds is 5. The van der Waals surface area contributed by atoms with Crippen LogP contribution in [0.3, 0.4) is 0 Å². The molecule has 8 heteroatoms. The van der Waals surface area contributed by atoms with Crippen molar-refractivity contribution in [1.29, 1.82) is 0 Å². The maximum atomic E-state index is 12.0. The molecule has 2 aromatic rings. The SMILES string of the molecule is CCOC(=O)N1CC2(CC[C@@H](N3CCN(c4ncccc4-c4ccnn4C(C)C)CC3)C2)C1. The van der Waals surface area contributed by atoms with Crippen molar-refractivity contribution in [2.75, 3.05) is 50.8 Å². The Morgan fingerprint density at radius 2 is 1.97 bits per heavy atom. The second kappa shape index (κ2) is 8.97. The maximum Gasteiger partial charge on any atom is 0.409 e. The number of nitrogens with zero attached hydrogens (tertiary/aromatic N) is 6. The number of carbonyl (C=O) groups is 1. The lowest BCUT2D eigenvalue weighted by atomic mass is 9.78. The summed E-state index contributed by atoms with van der Waals surface area (Å²) in [6, 6.07) is 7.20. The Morgan fingerprint density at radius 1 is 1.18 bits per heavy atom. The largest absolute Gasteiger partial charge is 0.450 e. The molecule has 0 bridgehead atoms. The third-order valence-corrected chi connectivity index (χ3v) is 7.61. The molecule has 1 aliphatic carbocycles. The average Bonchev–Trinajstić information content (AvgIpc) is 3.46. The number of likely N-dealkylation sites (tertiary alicyclic amines) is 1. The quantitative estimate of drug-likeness (QED) is 0.690. The van der Waals surface area contributed by atoms with E-state index < -0.39 is 0 Å². The van der Waals surface area contributed by atoms with Gasteiger partial charge in [0, 0.05) is 74.7 Å². The lowest BCUT2D eigenvalue weighted by Crippen LogP contribution is -2.58. The number of carbonyl (C=O) groups excluding carboxylic acids is 1. The van der Waals surface area contributed by atoms with E-state index in [4.69, 9.17) is 9.72 Å². The van der Waals surface area contributed by atoms with Crippen LogP contribution in [-0.2, 0) is 4.74 Å². The van der Waals surface area contributed by atoms with Crippen molar-refractivity contribution in [3.63, 3.8) is 0 Å². The summed E-state index contributed by atoms with van der Waals surface area (Å²) >= 11 is 0. The fourth-order valence-corrected chi connectivity index (χ4v) is 5.97. The van der Waals surface area contributed by atoms with E-state index in [0.29, 0.717) is 24.1 Å². The van der Waals surface area contributed by atoms with Crippen LogP contribution in [0, 0.1) is 5.41 Å². The molecule has 3 fully saturated rings. The van der Waals surface area contributed by atoms with Gasteiger partial charge in [0.15, 0.2) is 0 Å². The fraction of sp³-hybridized carbons (Fsp3) is 0.640. The minimum atomic E-state index is -0.148. The van der Waals surface area contributed by atoms with Gasteiger partial charge in [-0.3, -0.25) is 9.58 Å². The molecule has 1 spiro atoms. The number of amides is 1. The van der Waals surface area contributed by atoms with E-state index in [1.165, 1.54) is 19.3 Å². The molecular weight excluding hydrogens is 416 g/mol. The highest BCUT2D eigenvalue weighted by Gasteiger charge is 2.51. The topological polar surface area (TPSA) is 66.7 Å². The molecule has 1 saturated carbocycles. The highest BCUT2D eigenvalue weighted by Crippen LogP contribution is 2.47. The highest BCUT2D eigenvalue weighted by molar-refractivity contribution is 5.73. The highest BCUT2D eigenvalue weighted by atomic mass is 16.6. The average molecular weight is 453 g/mol. The van der Waals surface area contributed by atoms with Crippen LogP contribution >= 0.6 is 0 Å². The van der Waals surface area contributed by atoms with E-state index in [9.17, 15) is 4.79 Å². The van der Waals surface area contributed by atoms with Crippen LogP contribution in [0.15, 0.2) is 30.6 Å². The van der Waals surface area contributed by atoms with E-state index in [-0.39, 0.29) is 6.09 Å². The van der Waals surface area contributed by atoms with Crippen LogP contribution in [0.1, 0.15) is 46.1 Å². The van der Waals surface area contributed by atoms with E-state index in [1.54, 1.807) is 0 Å². The summed E-state index contributed by atoms with van der Waals surface area (Å²) in [7, 11) is 0. The first-order valence-corrected chi connectivity index (χ1v) is 12.4. The van der Waals surface area contributed by atoms with E-state index in [0.717, 1.165) is 56.3 Å². The van der Waals surface area contributed by atoms with Gasteiger partial charge in [-0.25, -0.2) is 9.78 Å². The fourth-order valence-electron chi connectivity index (χ4n) is 5.97. The summed E-state index contributed by atoms with van der Waals surface area (Å²) in [6.45, 7) is 12.5. The number of aromatic nitrogens is 3. The van der Waals surface area contributed by atoms with Crippen LogP contribution < -0.4 is 4.90 Å². The first-order chi connectivity index (χ1) is 16.0. The Bertz CT molecular complexity index is 975. The Balaban J connectivity index is 1.20. The predicted octanol–water partition coefficient (Wildman–Crippen LogP) is 3.66. The van der Waals surface area contributed by atoms with Gasteiger partial charge >= 0.3 is 6.09 Å². The molecular formula is C25H36N6O2. The zero-order valence-corrected chi connectivity index (χ0v) is 20.1. The van der Waals surface area contributed by atoms with Gasteiger partial charge < -0.3 is 14.5 Å². The van der Waals surface area contributed by atoms with Crippen molar-refractivity contribution in [3.05, 3.63) is 30.6 Å². The van der Waals surface area contributed by atoms with Gasteiger partial charge in [0.2, 0.25) is 0 Å². The monoisotopic (exact) mass is 452 g/mol. The Morgan fingerprint density at radius 3 is 2.70 bits per heavy atom. The normalized spacial score (nSPS) is 22.7. The van der Waals surface area contributed by atoms with Gasteiger partial charge in [-0.05, 0) is 58.2 Å². The predicted molar refractivity (Wildman–Crippen MR) is 128 cm³/mol. The standard InChI is InChI=1S/C25H36N6O2/c1-4-33-24(32)30-17-25(18-30)9-7-20(16-25)28-12-14-29(15-13-28)23-21(6-5-10-26-23)22-8-11-27-31(22)19(2)3/h5-6,8,10-11,19-20H,4,7,9,12-18H2,1-3H3/t20-/m1/s1. The lowest BCUT2D eigenvalue weighted by Gasteiger charge is -2.48. The Labute approximate surface area is 196 Å². The lowest BCUT2D eigenvalue weighted by molar-refractivity contribution is -0.00294. The molecule has 178 valence electrons. The minimum absolute atomic E-state index is 0.148. The third kappa shape index (κ3) is 4.21. The number of anilines is 1.